The standard InChI is InChI=1S/C24H34O16/c1-9-17(34-10(2)25)19(36-12(4)27)22(39-15(7)30)24(33-9)32-8-16-18(35-11(3)26)20(37-13(5)28)21(23(31)40-16)38-14(6)29/h9,16-24,31H,8H2,1-7H3/t9-,16-,17+,18+,19+,20+,21-,22-,23+,24-/m1/s1. The first kappa shape index (κ1) is 32.9. The molecule has 2 heterocycles. The molecule has 40 heavy (non-hydrogen) atoms. The van der Waals surface area contributed by atoms with Crippen LogP contribution in [0.2, 0.25) is 0 Å². The quantitative estimate of drug-likeness (QED) is 0.259. The lowest BCUT2D eigenvalue weighted by atomic mass is 9.97. The van der Waals surface area contributed by atoms with Crippen molar-refractivity contribution in [1.82, 2.24) is 0 Å². The van der Waals surface area contributed by atoms with Gasteiger partial charge >= 0.3 is 35.8 Å². The van der Waals surface area contributed by atoms with Gasteiger partial charge in [-0.1, -0.05) is 0 Å². The summed E-state index contributed by atoms with van der Waals surface area (Å²) in [5.74, 6) is -4.81. The molecule has 0 amide bonds. The van der Waals surface area contributed by atoms with Crippen molar-refractivity contribution in [1.29, 1.82) is 0 Å². The molecular formula is C24H34O16. The smallest absolute Gasteiger partial charge is 0.303 e. The molecule has 226 valence electrons. The van der Waals surface area contributed by atoms with E-state index in [-0.39, 0.29) is 0 Å². The van der Waals surface area contributed by atoms with Crippen molar-refractivity contribution in [2.45, 2.75) is 110 Å². The molecule has 0 aliphatic carbocycles. The van der Waals surface area contributed by atoms with Gasteiger partial charge in [0.05, 0.1) is 12.7 Å². The van der Waals surface area contributed by atoms with Gasteiger partial charge in [0, 0.05) is 41.5 Å². The molecule has 2 aliphatic heterocycles. The normalized spacial score (nSPS) is 33.6. The van der Waals surface area contributed by atoms with Crippen molar-refractivity contribution < 1.29 is 76.5 Å². The number of aliphatic hydroxyl groups excluding tert-OH is 1. The van der Waals surface area contributed by atoms with Crippen LogP contribution in [0, 0.1) is 0 Å². The van der Waals surface area contributed by atoms with Gasteiger partial charge in [-0.2, -0.15) is 0 Å². The van der Waals surface area contributed by atoms with Gasteiger partial charge in [0.15, 0.2) is 49.2 Å². The molecule has 2 aliphatic rings. The summed E-state index contributed by atoms with van der Waals surface area (Å²) in [5.41, 5.74) is 0. The van der Waals surface area contributed by atoms with E-state index >= 15 is 0 Å². The monoisotopic (exact) mass is 578 g/mol. The zero-order chi connectivity index (χ0) is 30.3. The number of rotatable bonds is 9. The highest BCUT2D eigenvalue weighted by molar-refractivity contribution is 5.69. The number of aliphatic hydroxyl groups is 1. The van der Waals surface area contributed by atoms with Crippen LogP contribution < -0.4 is 0 Å². The van der Waals surface area contributed by atoms with Crippen LogP contribution in [-0.2, 0) is 71.4 Å². The molecule has 2 rings (SSSR count). The molecule has 16 nitrogen and oxygen atoms in total. The van der Waals surface area contributed by atoms with Crippen LogP contribution in [0.4, 0.5) is 0 Å². The van der Waals surface area contributed by atoms with E-state index in [9.17, 15) is 33.9 Å². The first-order valence-corrected chi connectivity index (χ1v) is 12.2. The molecule has 0 aromatic carbocycles. The zero-order valence-electron chi connectivity index (χ0n) is 23.1. The second-order valence-corrected chi connectivity index (χ2v) is 9.05. The Bertz CT molecular complexity index is 889. The van der Waals surface area contributed by atoms with Gasteiger partial charge in [-0.15, -0.1) is 0 Å². The fraction of sp³-hybridized carbons (Fsp3) is 0.750. The third kappa shape index (κ3) is 9.11. The Kier molecular flexibility index (Phi) is 11.8. The molecule has 0 aromatic heterocycles. The summed E-state index contributed by atoms with van der Waals surface area (Å²) in [6, 6.07) is 0. The second kappa shape index (κ2) is 14.3. The maximum atomic E-state index is 11.9. The van der Waals surface area contributed by atoms with Crippen LogP contribution in [0.15, 0.2) is 0 Å². The minimum atomic E-state index is -1.84. The zero-order valence-corrected chi connectivity index (χ0v) is 23.1. The molecule has 16 heteroatoms. The fourth-order valence-corrected chi connectivity index (χ4v) is 4.30. The van der Waals surface area contributed by atoms with Crippen molar-refractivity contribution in [2.75, 3.05) is 6.61 Å². The topological polar surface area (TPSA) is 206 Å². The summed E-state index contributed by atoms with van der Waals surface area (Å²) >= 11 is 0. The molecule has 2 saturated heterocycles. The third-order valence-corrected chi connectivity index (χ3v) is 5.57. The predicted molar refractivity (Wildman–Crippen MR) is 124 cm³/mol. The molecule has 0 saturated carbocycles. The highest BCUT2D eigenvalue weighted by Crippen LogP contribution is 2.32. The van der Waals surface area contributed by atoms with Crippen molar-refractivity contribution in [2.24, 2.45) is 0 Å². The molecular weight excluding hydrogens is 544 g/mol. The van der Waals surface area contributed by atoms with Crippen LogP contribution in [0.1, 0.15) is 48.5 Å². The maximum Gasteiger partial charge on any atom is 0.303 e. The summed E-state index contributed by atoms with van der Waals surface area (Å²) < 4.78 is 48.5. The lowest BCUT2D eigenvalue weighted by Gasteiger charge is -2.45. The summed E-state index contributed by atoms with van der Waals surface area (Å²) in [7, 11) is 0. The summed E-state index contributed by atoms with van der Waals surface area (Å²) in [4.78, 5) is 70.7. The Balaban J connectivity index is 2.38. The Hall–Kier alpha value is -3.34. The van der Waals surface area contributed by atoms with Crippen molar-refractivity contribution in [3.05, 3.63) is 0 Å². The molecule has 0 bridgehead atoms. The van der Waals surface area contributed by atoms with Gasteiger partial charge in [-0.25, -0.2) is 0 Å². The van der Waals surface area contributed by atoms with E-state index in [0.29, 0.717) is 0 Å². The fourth-order valence-electron chi connectivity index (χ4n) is 4.30. The molecule has 0 radical (unpaired) electrons. The number of ether oxygens (including phenoxy) is 9. The third-order valence-electron chi connectivity index (χ3n) is 5.57. The lowest BCUT2D eigenvalue weighted by Crippen LogP contribution is -2.64. The van der Waals surface area contributed by atoms with Crippen molar-refractivity contribution in [3.8, 4) is 0 Å². The largest absolute Gasteiger partial charge is 0.456 e. The summed E-state index contributed by atoms with van der Waals surface area (Å²) in [5, 5.41) is 10.5. The van der Waals surface area contributed by atoms with Crippen LogP contribution in [0.3, 0.4) is 0 Å². The number of carbonyl (C=O) groups excluding carboxylic acids is 6. The lowest BCUT2D eigenvalue weighted by molar-refractivity contribution is -0.326. The van der Waals surface area contributed by atoms with E-state index < -0.39 is 104 Å². The SMILES string of the molecule is CC(=O)O[C@@H]1[C@@H](OC(C)=O)[C@@H](O)O[C@H](CO[C@@H]2O[C@H](C)[C@H](OC(C)=O)[C@H](OC(C)=O)[C@H]2OC(C)=O)[C@@H]1OC(C)=O. The van der Waals surface area contributed by atoms with Gasteiger partial charge in [0.1, 0.15) is 6.10 Å². The van der Waals surface area contributed by atoms with Crippen LogP contribution >= 0.6 is 0 Å². The maximum absolute atomic E-state index is 11.9. The van der Waals surface area contributed by atoms with E-state index in [1.807, 2.05) is 0 Å². The van der Waals surface area contributed by atoms with E-state index in [4.69, 9.17) is 42.6 Å². The molecule has 0 aromatic rings. The first-order chi connectivity index (χ1) is 18.6. The number of hydrogen-bond acceptors (Lipinski definition) is 16. The van der Waals surface area contributed by atoms with Crippen LogP contribution in [-0.4, -0.2) is 109 Å². The minimum Gasteiger partial charge on any atom is -0.456 e. The van der Waals surface area contributed by atoms with Crippen molar-refractivity contribution >= 4 is 35.8 Å². The Morgan fingerprint density at radius 2 is 0.925 bits per heavy atom. The number of hydrogen-bond donors (Lipinski definition) is 1. The Morgan fingerprint density at radius 1 is 0.550 bits per heavy atom. The molecule has 10 atom stereocenters. The van der Waals surface area contributed by atoms with Crippen LogP contribution in [0.5, 0.6) is 0 Å². The number of esters is 6. The molecule has 0 spiro atoms. The summed E-state index contributed by atoms with van der Waals surface area (Å²) in [6.07, 6.45) is -14.0. The van der Waals surface area contributed by atoms with Gasteiger partial charge in [0.25, 0.3) is 0 Å². The highest BCUT2D eigenvalue weighted by Gasteiger charge is 2.54. The average Bonchev–Trinajstić information content (AvgIpc) is 2.79. The Morgan fingerprint density at radius 3 is 1.40 bits per heavy atom. The van der Waals surface area contributed by atoms with Crippen LogP contribution in [0.25, 0.3) is 0 Å². The molecule has 0 unspecified atom stereocenters. The van der Waals surface area contributed by atoms with E-state index in [1.165, 1.54) is 6.92 Å². The second-order valence-electron chi connectivity index (χ2n) is 9.05. The molecule has 2 fully saturated rings. The van der Waals surface area contributed by atoms with Crippen molar-refractivity contribution in [3.63, 3.8) is 0 Å². The van der Waals surface area contributed by atoms with Gasteiger partial charge in [-0.05, 0) is 6.92 Å². The number of carbonyl (C=O) groups is 6. The predicted octanol–water partition coefficient (Wildman–Crippen LogP) is -0.945. The van der Waals surface area contributed by atoms with Gasteiger partial charge < -0.3 is 47.7 Å². The highest BCUT2D eigenvalue weighted by atomic mass is 16.7. The first-order valence-electron chi connectivity index (χ1n) is 12.2. The van der Waals surface area contributed by atoms with E-state index in [1.54, 1.807) is 0 Å². The Labute approximate surface area is 229 Å². The van der Waals surface area contributed by atoms with Gasteiger partial charge in [-0.3, -0.25) is 28.8 Å². The molecule has 1 N–H and O–H groups in total. The average molecular weight is 579 g/mol. The summed E-state index contributed by atoms with van der Waals surface area (Å²) in [6.45, 7) is 7.43. The van der Waals surface area contributed by atoms with Gasteiger partial charge in [0.2, 0.25) is 0 Å². The van der Waals surface area contributed by atoms with E-state index in [0.717, 1.165) is 41.5 Å². The van der Waals surface area contributed by atoms with E-state index in [2.05, 4.69) is 0 Å². The minimum absolute atomic E-state index is 0.542.